The average molecular weight is 249 g/mol. The minimum absolute atomic E-state index is 0.0875. The number of aliphatic hydroxyl groups excluding tert-OH is 1. The molecule has 0 aliphatic heterocycles. The number of carbonyl (C=O) groups is 1. The van der Waals surface area contributed by atoms with Crippen molar-refractivity contribution in [3.05, 3.63) is 35.9 Å². The van der Waals surface area contributed by atoms with Gasteiger partial charge in [-0.1, -0.05) is 30.3 Å². The minimum atomic E-state index is -0.166. The van der Waals surface area contributed by atoms with E-state index in [2.05, 4.69) is 5.32 Å². The first-order valence-corrected chi connectivity index (χ1v) is 6.30. The summed E-state index contributed by atoms with van der Waals surface area (Å²) in [7, 11) is 0. The first kappa shape index (κ1) is 13.1. The topological polar surface area (TPSA) is 58.6 Å². The Labute approximate surface area is 107 Å². The Balaban J connectivity index is 1.55. The molecule has 0 spiro atoms. The molecule has 0 aromatic heterocycles. The fraction of sp³-hybridized carbons (Fsp3) is 0.500. The number of hydrogen-bond donors (Lipinski definition) is 2. The first-order chi connectivity index (χ1) is 8.74. The average Bonchev–Trinajstić information content (AvgIpc) is 2.34. The number of aliphatic hydroxyl groups is 1. The van der Waals surface area contributed by atoms with E-state index >= 15 is 0 Å². The van der Waals surface area contributed by atoms with Gasteiger partial charge in [-0.05, 0) is 24.3 Å². The van der Waals surface area contributed by atoms with Gasteiger partial charge in [0.15, 0.2) is 0 Å². The second kappa shape index (κ2) is 6.52. The Kier molecular flexibility index (Phi) is 4.73. The Morgan fingerprint density at radius 3 is 2.72 bits per heavy atom. The number of rotatable bonds is 6. The van der Waals surface area contributed by atoms with Crippen molar-refractivity contribution in [2.24, 2.45) is 5.92 Å². The summed E-state index contributed by atoms with van der Waals surface area (Å²) in [6, 6.07) is 9.77. The van der Waals surface area contributed by atoms with Crippen LogP contribution >= 0.6 is 0 Å². The van der Waals surface area contributed by atoms with Crippen molar-refractivity contribution in [2.75, 3.05) is 13.2 Å². The van der Waals surface area contributed by atoms with Gasteiger partial charge in [0, 0.05) is 6.54 Å². The van der Waals surface area contributed by atoms with Crippen molar-refractivity contribution in [2.45, 2.75) is 25.6 Å². The van der Waals surface area contributed by atoms with E-state index in [1.807, 2.05) is 30.3 Å². The van der Waals surface area contributed by atoms with Crippen LogP contribution in [0, 0.1) is 5.92 Å². The molecular formula is C14H19NO3. The Morgan fingerprint density at radius 1 is 1.33 bits per heavy atom. The van der Waals surface area contributed by atoms with Gasteiger partial charge >= 0.3 is 0 Å². The number of hydrogen-bond acceptors (Lipinski definition) is 3. The van der Waals surface area contributed by atoms with Crippen molar-refractivity contribution in [1.29, 1.82) is 0 Å². The molecule has 1 aliphatic carbocycles. The summed E-state index contributed by atoms with van der Waals surface area (Å²) >= 11 is 0. The van der Waals surface area contributed by atoms with E-state index in [9.17, 15) is 4.79 Å². The third-order valence-electron chi connectivity index (χ3n) is 3.14. The highest BCUT2D eigenvalue weighted by molar-refractivity contribution is 5.77. The van der Waals surface area contributed by atoms with Crippen LogP contribution in [0.2, 0.25) is 0 Å². The maximum absolute atomic E-state index is 11.5. The van der Waals surface area contributed by atoms with Crippen LogP contribution in [0.4, 0.5) is 0 Å². The van der Waals surface area contributed by atoms with Gasteiger partial charge in [0.25, 0.3) is 0 Å². The van der Waals surface area contributed by atoms with Crippen LogP contribution in [-0.2, 0) is 16.1 Å². The van der Waals surface area contributed by atoms with E-state index in [4.69, 9.17) is 9.84 Å². The smallest absolute Gasteiger partial charge is 0.246 e. The molecule has 1 aromatic carbocycles. The molecule has 2 N–H and O–H groups in total. The van der Waals surface area contributed by atoms with Gasteiger partial charge < -0.3 is 15.2 Å². The number of benzene rings is 1. The molecular weight excluding hydrogens is 230 g/mol. The molecule has 98 valence electrons. The van der Waals surface area contributed by atoms with Crippen LogP contribution < -0.4 is 5.32 Å². The van der Waals surface area contributed by atoms with Crippen molar-refractivity contribution in [3.8, 4) is 0 Å². The van der Waals surface area contributed by atoms with Crippen molar-refractivity contribution in [3.63, 3.8) is 0 Å². The van der Waals surface area contributed by atoms with Crippen LogP contribution in [0.15, 0.2) is 30.3 Å². The minimum Gasteiger partial charge on any atom is -0.393 e. The van der Waals surface area contributed by atoms with Crippen LogP contribution in [0.5, 0.6) is 0 Å². The molecule has 4 nitrogen and oxygen atoms in total. The highest BCUT2D eigenvalue weighted by atomic mass is 16.5. The molecule has 0 heterocycles. The lowest BCUT2D eigenvalue weighted by Gasteiger charge is -2.31. The lowest BCUT2D eigenvalue weighted by Crippen LogP contribution is -2.39. The maximum atomic E-state index is 11.5. The molecule has 4 heteroatoms. The van der Waals surface area contributed by atoms with E-state index < -0.39 is 0 Å². The molecule has 1 amide bonds. The van der Waals surface area contributed by atoms with E-state index in [0.29, 0.717) is 19.1 Å². The molecule has 0 atom stereocenters. The van der Waals surface area contributed by atoms with Crippen molar-refractivity contribution >= 4 is 5.91 Å². The van der Waals surface area contributed by atoms with Crippen molar-refractivity contribution < 1.29 is 14.6 Å². The summed E-state index contributed by atoms with van der Waals surface area (Å²) < 4.78 is 5.33. The molecule has 0 bridgehead atoms. The maximum Gasteiger partial charge on any atom is 0.246 e. The van der Waals surface area contributed by atoms with Crippen LogP contribution in [0.1, 0.15) is 18.4 Å². The summed E-state index contributed by atoms with van der Waals surface area (Å²) in [5, 5.41) is 11.9. The molecule has 1 aromatic rings. The number of carbonyl (C=O) groups excluding carboxylic acids is 1. The van der Waals surface area contributed by atoms with Gasteiger partial charge in [0.05, 0.1) is 12.7 Å². The summed E-state index contributed by atoms with van der Waals surface area (Å²) in [6.07, 6.45) is 1.43. The van der Waals surface area contributed by atoms with Crippen LogP contribution in [0.3, 0.4) is 0 Å². The lowest BCUT2D eigenvalue weighted by atomic mass is 9.82. The zero-order valence-electron chi connectivity index (χ0n) is 10.3. The van der Waals surface area contributed by atoms with E-state index in [0.717, 1.165) is 18.4 Å². The monoisotopic (exact) mass is 249 g/mol. The summed E-state index contributed by atoms with van der Waals surface area (Å²) in [4.78, 5) is 11.5. The van der Waals surface area contributed by atoms with Gasteiger partial charge in [-0.2, -0.15) is 0 Å². The zero-order chi connectivity index (χ0) is 12.8. The SMILES string of the molecule is O=C(COCc1ccccc1)NCC1CC(O)C1. The number of amides is 1. The molecule has 1 fully saturated rings. The fourth-order valence-corrected chi connectivity index (χ4v) is 2.01. The largest absolute Gasteiger partial charge is 0.393 e. The standard InChI is InChI=1S/C14H19NO3/c16-13-6-12(7-13)8-15-14(17)10-18-9-11-4-2-1-3-5-11/h1-5,12-13,16H,6-10H2,(H,15,17). The Morgan fingerprint density at radius 2 is 2.06 bits per heavy atom. The van der Waals surface area contributed by atoms with Gasteiger partial charge in [0.1, 0.15) is 6.61 Å². The van der Waals surface area contributed by atoms with E-state index in [1.165, 1.54) is 0 Å². The Bertz CT molecular complexity index is 374. The molecule has 1 saturated carbocycles. The molecule has 0 saturated heterocycles. The van der Waals surface area contributed by atoms with Gasteiger partial charge in [-0.3, -0.25) is 4.79 Å². The first-order valence-electron chi connectivity index (χ1n) is 6.30. The van der Waals surface area contributed by atoms with E-state index in [1.54, 1.807) is 0 Å². The molecule has 0 unspecified atom stereocenters. The predicted molar refractivity (Wildman–Crippen MR) is 67.8 cm³/mol. The fourth-order valence-electron chi connectivity index (χ4n) is 2.01. The number of ether oxygens (including phenoxy) is 1. The molecule has 1 aliphatic rings. The summed E-state index contributed by atoms with van der Waals surface area (Å²) in [5.41, 5.74) is 1.06. The van der Waals surface area contributed by atoms with Crippen molar-refractivity contribution in [1.82, 2.24) is 5.32 Å². The van der Waals surface area contributed by atoms with Crippen LogP contribution in [0.25, 0.3) is 0 Å². The van der Waals surface area contributed by atoms with Gasteiger partial charge in [-0.25, -0.2) is 0 Å². The normalized spacial score (nSPS) is 22.3. The van der Waals surface area contributed by atoms with Gasteiger partial charge in [-0.15, -0.1) is 0 Å². The quantitative estimate of drug-likeness (QED) is 0.793. The van der Waals surface area contributed by atoms with E-state index in [-0.39, 0.29) is 18.6 Å². The number of nitrogens with one attached hydrogen (secondary N) is 1. The predicted octanol–water partition coefficient (Wildman–Crippen LogP) is 1.09. The molecule has 0 radical (unpaired) electrons. The third kappa shape index (κ3) is 4.13. The van der Waals surface area contributed by atoms with Gasteiger partial charge in [0.2, 0.25) is 5.91 Å². The molecule has 18 heavy (non-hydrogen) atoms. The van der Waals surface area contributed by atoms with Crippen LogP contribution in [-0.4, -0.2) is 30.3 Å². The summed E-state index contributed by atoms with van der Waals surface area (Å²) in [5.74, 6) is 0.338. The zero-order valence-corrected chi connectivity index (χ0v) is 10.3. The third-order valence-corrected chi connectivity index (χ3v) is 3.14. The summed E-state index contributed by atoms with van der Waals surface area (Å²) in [6.45, 7) is 1.19. The highest BCUT2D eigenvalue weighted by Gasteiger charge is 2.26. The Hall–Kier alpha value is -1.39. The second-order valence-corrected chi connectivity index (χ2v) is 4.77. The highest BCUT2D eigenvalue weighted by Crippen LogP contribution is 2.25. The lowest BCUT2D eigenvalue weighted by molar-refractivity contribution is -0.126. The second-order valence-electron chi connectivity index (χ2n) is 4.77. The molecule has 2 rings (SSSR count).